The average Bonchev–Trinajstić information content (AvgIpc) is 2.37. The number of nitrogens with zero attached hydrogens (tertiary/aromatic N) is 1. The number of ether oxygens (including phenoxy) is 1. The summed E-state index contributed by atoms with van der Waals surface area (Å²) in [5, 5.41) is 0. The van der Waals surface area contributed by atoms with Crippen molar-refractivity contribution in [3.05, 3.63) is 29.3 Å². The molecule has 0 bridgehead atoms. The molecule has 1 aromatic carbocycles. The molecule has 108 valence electrons. The van der Waals surface area contributed by atoms with Crippen LogP contribution in [0.5, 0.6) is 0 Å². The second-order valence-electron chi connectivity index (χ2n) is 4.10. The smallest absolute Gasteiger partial charge is 0.380 e. The van der Waals surface area contributed by atoms with Gasteiger partial charge in [0.1, 0.15) is 0 Å². The Morgan fingerprint density at radius 1 is 1.32 bits per heavy atom. The third-order valence-electron chi connectivity index (χ3n) is 2.71. The van der Waals surface area contributed by atoms with Crippen molar-refractivity contribution in [3.8, 4) is 0 Å². The Kier molecular flexibility index (Phi) is 5.94. The Morgan fingerprint density at radius 2 is 2.00 bits per heavy atom. The van der Waals surface area contributed by atoms with E-state index in [4.69, 9.17) is 16.3 Å². The van der Waals surface area contributed by atoms with Crippen molar-refractivity contribution in [2.24, 2.45) is 0 Å². The van der Waals surface area contributed by atoms with Crippen LogP contribution in [0.25, 0.3) is 0 Å². The van der Waals surface area contributed by atoms with Gasteiger partial charge in [-0.2, -0.15) is 13.2 Å². The highest BCUT2D eigenvalue weighted by Gasteiger charge is 2.34. The van der Waals surface area contributed by atoms with E-state index in [1.165, 1.54) is 11.0 Å². The standard InChI is InChI=1S/C13H17ClF3NO/c1-3-19-7-6-18(2)12-5-4-10(9-14)8-11(12)13(15,16)17/h4-5,8H,3,6-7,9H2,1-2H3. The molecule has 0 radical (unpaired) electrons. The van der Waals surface area contributed by atoms with Crippen molar-refractivity contribution < 1.29 is 17.9 Å². The van der Waals surface area contributed by atoms with Crippen molar-refractivity contribution >= 4 is 17.3 Å². The summed E-state index contributed by atoms with van der Waals surface area (Å²) in [6.45, 7) is 3.18. The molecule has 0 atom stereocenters. The molecule has 0 unspecified atom stereocenters. The minimum atomic E-state index is -4.39. The first kappa shape index (κ1) is 16.1. The molecular weight excluding hydrogens is 279 g/mol. The fraction of sp³-hybridized carbons (Fsp3) is 0.538. The van der Waals surface area contributed by atoms with Gasteiger partial charge in [-0.25, -0.2) is 0 Å². The van der Waals surface area contributed by atoms with E-state index in [2.05, 4.69) is 0 Å². The van der Waals surface area contributed by atoms with Crippen LogP contribution in [0, 0.1) is 0 Å². The van der Waals surface area contributed by atoms with Crippen LogP contribution in [-0.4, -0.2) is 26.8 Å². The fourth-order valence-electron chi connectivity index (χ4n) is 1.69. The van der Waals surface area contributed by atoms with Gasteiger partial charge in [-0.3, -0.25) is 0 Å². The van der Waals surface area contributed by atoms with Crippen LogP contribution in [0.3, 0.4) is 0 Å². The van der Waals surface area contributed by atoms with Gasteiger partial charge < -0.3 is 9.64 Å². The molecule has 0 fully saturated rings. The van der Waals surface area contributed by atoms with Gasteiger partial charge >= 0.3 is 6.18 Å². The average molecular weight is 296 g/mol. The van der Waals surface area contributed by atoms with Crippen LogP contribution >= 0.6 is 11.6 Å². The van der Waals surface area contributed by atoms with E-state index in [0.29, 0.717) is 25.3 Å². The van der Waals surface area contributed by atoms with E-state index < -0.39 is 11.7 Å². The Balaban J connectivity index is 2.98. The van der Waals surface area contributed by atoms with E-state index in [0.717, 1.165) is 6.07 Å². The lowest BCUT2D eigenvalue weighted by molar-refractivity contribution is -0.137. The number of hydrogen-bond donors (Lipinski definition) is 0. The van der Waals surface area contributed by atoms with Gasteiger partial charge in [0, 0.05) is 31.8 Å². The van der Waals surface area contributed by atoms with Gasteiger partial charge in [0.15, 0.2) is 0 Å². The summed E-state index contributed by atoms with van der Waals surface area (Å²) in [4.78, 5) is 1.54. The molecule has 0 aliphatic carbocycles. The summed E-state index contributed by atoms with van der Waals surface area (Å²) in [5.74, 6) is 0.0615. The van der Waals surface area contributed by atoms with Gasteiger partial charge in [-0.05, 0) is 24.6 Å². The number of rotatable bonds is 6. The second kappa shape index (κ2) is 7.01. The first-order valence-corrected chi connectivity index (χ1v) is 6.48. The molecular formula is C13H17ClF3NO. The summed E-state index contributed by atoms with van der Waals surface area (Å²) in [7, 11) is 1.62. The van der Waals surface area contributed by atoms with E-state index in [1.807, 2.05) is 6.92 Å². The highest BCUT2D eigenvalue weighted by Crippen LogP contribution is 2.37. The van der Waals surface area contributed by atoms with Crippen LogP contribution in [0.2, 0.25) is 0 Å². The fourth-order valence-corrected chi connectivity index (χ4v) is 1.86. The normalized spacial score (nSPS) is 11.7. The number of benzene rings is 1. The summed E-state index contributed by atoms with van der Waals surface area (Å²) in [5.41, 5.74) is -0.0679. The molecule has 2 nitrogen and oxygen atoms in total. The molecule has 0 aliphatic heterocycles. The highest BCUT2D eigenvalue weighted by molar-refractivity contribution is 6.17. The van der Waals surface area contributed by atoms with Crippen LogP contribution in [0.1, 0.15) is 18.1 Å². The van der Waals surface area contributed by atoms with E-state index in [9.17, 15) is 13.2 Å². The zero-order chi connectivity index (χ0) is 14.5. The van der Waals surface area contributed by atoms with Crippen LogP contribution in [0.15, 0.2) is 18.2 Å². The highest BCUT2D eigenvalue weighted by atomic mass is 35.5. The molecule has 0 aromatic heterocycles. The van der Waals surface area contributed by atoms with Crippen molar-refractivity contribution in [2.75, 3.05) is 31.7 Å². The van der Waals surface area contributed by atoms with Crippen molar-refractivity contribution in [3.63, 3.8) is 0 Å². The largest absolute Gasteiger partial charge is 0.418 e. The predicted octanol–water partition coefficient (Wildman–Crippen LogP) is 3.92. The van der Waals surface area contributed by atoms with Gasteiger partial charge in [0.25, 0.3) is 0 Å². The number of likely N-dealkylation sites (N-methyl/N-ethyl adjacent to an activating group) is 1. The molecule has 0 aliphatic rings. The molecule has 1 aromatic rings. The topological polar surface area (TPSA) is 12.5 Å². The Labute approximate surface area is 116 Å². The minimum absolute atomic E-state index is 0.0615. The summed E-state index contributed by atoms with van der Waals surface area (Å²) >= 11 is 5.58. The van der Waals surface area contributed by atoms with Gasteiger partial charge in [0.2, 0.25) is 0 Å². The molecule has 0 saturated heterocycles. The number of anilines is 1. The Hall–Kier alpha value is -0.940. The van der Waals surface area contributed by atoms with Crippen molar-refractivity contribution in [2.45, 2.75) is 19.0 Å². The molecule has 0 amide bonds. The van der Waals surface area contributed by atoms with Crippen molar-refractivity contribution in [1.82, 2.24) is 0 Å². The van der Waals surface area contributed by atoms with Gasteiger partial charge in [0.05, 0.1) is 12.2 Å². The van der Waals surface area contributed by atoms with E-state index in [-0.39, 0.29) is 11.6 Å². The summed E-state index contributed by atoms with van der Waals surface area (Å²) < 4.78 is 44.2. The lowest BCUT2D eigenvalue weighted by atomic mass is 10.1. The zero-order valence-electron chi connectivity index (χ0n) is 10.9. The minimum Gasteiger partial charge on any atom is -0.380 e. The lowest BCUT2D eigenvalue weighted by Gasteiger charge is -2.24. The van der Waals surface area contributed by atoms with Crippen LogP contribution < -0.4 is 4.90 Å². The van der Waals surface area contributed by atoms with Crippen molar-refractivity contribution in [1.29, 1.82) is 0 Å². The summed E-state index contributed by atoms with van der Waals surface area (Å²) in [6.07, 6.45) is -4.39. The molecule has 19 heavy (non-hydrogen) atoms. The zero-order valence-corrected chi connectivity index (χ0v) is 11.7. The number of hydrogen-bond acceptors (Lipinski definition) is 2. The maximum absolute atomic E-state index is 13.0. The number of alkyl halides is 4. The predicted molar refractivity (Wildman–Crippen MR) is 70.8 cm³/mol. The maximum atomic E-state index is 13.0. The van der Waals surface area contributed by atoms with Gasteiger partial charge in [-0.15, -0.1) is 11.6 Å². The Bertz CT molecular complexity index is 409. The quantitative estimate of drug-likeness (QED) is 0.583. The third-order valence-corrected chi connectivity index (χ3v) is 3.02. The SMILES string of the molecule is CCOCCN(C)c1ccc(CCl)cc1C(F)(F)F. The van der Waals surface area contributed by atoms with E-state index in [1.54, 1.807) is 13.1 Å². The molecule has 6 heteroatoms. The molecule has 0 saturated carbocycles. The molecule has 0 N–H and O–H groups in total. The number of halogens is 4. The van der Waals surface area contributed by atoms with Crippen LogP contribution in [-0.2, 0) is 16.8 Å². The summed E-state index contributed by atoms with van der Waals surface area (Å²) in [6, 6.07) is 4.15. The van der Waals surface area contributed by atoms with E-state index >= 15 is 0 Å². The third kappa shape index (κ3) is 4.58. The maximum Gasteiger partial charge on any atom is 0.418 e. The van der Waals surface area contributed by atoms with Gasteiger partial charge in [-0.1, -0.05) is 6.07 Å². The lowest BCUT2D eigenvalue weighted by Crippen LogP contribution is -2.25. The molecule has 0 heterocycles. The van der Waals surface area contributed by atoms with Crippen LogP contribution in [0.4, 0.5) is 18.9 Å². The molecule has 0 spiro atoms. The second-order valence-corrected chi connectivity index (χ2v) is 4.37. The Morgan fingerprint density at radius 3 is 2.53 bits per heavy atom. The first-order chi connectivity index (χ1) is 8.90. The monoisotopic (exact) mass is 295 g/mol. The molecule has 1 rings (SSSR count). The first-order valence-electron chi connectivity index (χ1n) is 5.95.